The fraction of sp³-hybridized carbons (Fsp3) is 0.474. The number of carbonyl (C=O) groups excluding carboxylic acids is 1. The van der Waals surface area contributed by atoms with Crippen LogP contribution < -0.4 is 10.9 Å². The van der Waals surface area contributed by atoms with E-state index in [9.17, 15) is 9.59 Å². The predicted octanol–water partition coefficient (Wildman–Crippen LogP) is 2.19. The number of aromatic nitrogens is 1. The first-order valence-electron chi connectivity index (χ1n) is 8.83. The van der Waals surface area contributed by atoms with Gasteiger partial charge in [0.05, 0.1) is 13.2 Å². The van der Waals surface area contributed by atoms with Crippen molar-refractivity contribution in [1.82, 2.24) is 10.3 Å². The van der Waals surface area contributed by atoms with Crippen molar-refractivity contribution in [2.75, 3.05) is 19.8 Å². The van der Waals surface area contributed by atoms with E-state index in [-0.39, 0.29) is 17.3 Å². The van der Waals surface area contributed by atoms with Crippen LogP contribution in [0, 0.1) is 5.92 Å². The number of nitrogens with one attached hydrogen (secondary N) is 2. The van der Waals surface area contributed by atoms with Gasteiger partial charge in [0.2, 0.25) is 0 Å². The van der Waals surface area contributed by atoms with Crippen LogP contribution in [-0.4, -0.2) is 36.4 Å². The number of carbonyl (C=O) groups is 1. The number of hydrogen-bond donors (Lipinski definition) is 2. The molecular formula is C19H22N2O4. The number of rotatable bonds is 3. The van der Waals surface area contributed by atoms with Crippen molar-refractivity contribution in [3.8, 4) is 0 Å². The highest BCUT2D eigenvalue weighted by Crippen LogP contribution is 2.37. The summed E-state index contributed by atoms with van der Waals surface area (Å²) in [5, 5.41) is 4.31. The zero-order chi connectivity index (χ0) is 17.3. The van der Waals surface area contributed by atoms with Crippen LogP contribution in [0.5, 0.6) is 0 Å². The van der Waals surface area contributed by atoms with Gasteiger partial charge in [-0.3, -0.25) is 9.59 Å². The van der Waals surface area contributed by atoms with Gasteiger partial charge in [-0.1, -0.05) is 18.2 Å². The Bertz CT molecular complexity index is 829. The first-order valence-corrected chi connectivity index (χ1v) is 8.83. The molecule has 2 aromatic rings. The molecule has 1 aromatic carbocycles. The van der Waals surface area contributed by atoms with E-state index in [4.69, 9.17) is 9.47 Å². The molecule has 0 radical (unpaired) electrons. The molecule has 1 spiro atoms. The lowest BCUT2D eigenvalue weighted by Crippen LogP contribution is -2.39. The van der Waals surface area contributed by atoms with Crippen LogP contribution in [0.15, 0.2) is 35.1 Å². The lowest BCUT2D eigenvalue weighted by molar-refractivity contribution is -0.182. The van der Waals surface area contributed by atoms with E-state index in [1.807, 2.05) is 18.2 Å². The van der Waals surface area contributed by atoms with Gasteiger partial charge >= 0.3 is 0 Å². The van der Waals surface area contributed by atoms with Gasteiger partial charge in [0.1, 0.15) is 5.69 Å². The molecule has 6 heteroatoms. The molecule has 2 aliphatic rings. The molecule has 1 saturated heterocycles. The van der Waals surface area contributed by atoms with Gasteiger partial charge in [-0.25, -0.2) is 0 Å². The molecule has 0 bridgehead atoms. The van der Waals surface area contributed by atoms with Gasteiger partial charge in [-0.05, 0) is 36.3 Å². The van der Waals surface area contributed by atoms with Gasteiger partial charge in [0.25, 0.3) is 11.5 Å². The van der Waals surface area contributed by atoms with Crippen molar-refractivity contribution < 1.29 is 14.3 Å². The van der Waals surface area contributed by atoms with Crippen molar-refractivity contribution in [3.05, 3.63) is 46.4 Å². The molecule has 4 rings (SSSR count). The van der Waals surface area contributed by atoms with Crippen LogP contribution in [0.1, 0.15) is 36.2 Å². The molecule has 1 aliphatic carbocycles. The maximum Gasteiger partial charge on any atom is 0.267 e. The number of ether oxygens (including phenoxy) is 2. The van der Waals surface area contributed by atoms with Crippen molar-refractivity contribution >= 4 is 16.7 Å². The zero-order valence-corrected chi connectivity index (χ0v) is 14.0. The Morgan fingerprint density at radius 3 is 2.68 bits per heavy atom. The molecule has 132 valence electrons. The number of fused-ring (bicyclic) bond motifs is 1. The van der Waals surface area contributed by atoms with Crippen molar-refractivity contribution in [1.29, 1.82) is 0 Å². The van der Waals surface area contributed by atoms with Crippen LogP contribution in [-0.2, 0) is 9.47 Å². The van der Waals surface area contributed by atoms with Crippen molar-refractivity contribution in [2.24, 2.45) is 5.92 Å². The van der Waals surface area contributed by atoms with Crippen molar-refractivity contribution in [3.63, 3.8) is 0 Å². The minimum atomic E-state index is -0.371. The Labute approximate surface area is 145 Å². The molecule has 1 amide bonds. The summed E-state index contributed by atoms with van der Waals surface area (Å²) < 4.78 is 11.5. The maximum absolute atomic E-state index is 12.4. The van der Waals surface area contributed by atoms with E-state index in [0.29, 0.717) is 36.8 Å². The fourth-order valence-corrected chi connectivity index (χ4v) is 3.77. The summed E-state index contributed by atoms with van der Waals surface area (Å²) in [4.78, 5) is 27.2. The number of hydrogen-bond acceptors (Lipinski definition) is 4. The Kier molecular flexibility index (Phi) is 4.31. The third-order valence-electron chi connectivity index (χ3n) is 5.23. The molecule has 0 atom stereocenters. The number of amides is 1. The average molecular weight is 342 g/mol. The second-order valence-corrected chi connectivity index (χ2v) is 6.86. The minimum Gasteiger partial charge on any atom is -0.350 e. The molecule has 25 heavy (non-hydrogen) atoms. The number of aromatic amines is 1. The standard InChI is InChI=1S/C19H22N2O4/c22-17-15-4-2-1-3-14(15)11-16(21-17)18(23)20-12-13-5-7-19(8-6-13)24-9-10-25-19/h1-4,11,13H,5-10,12H2,(H,20,23)(H,21,22). The number of benzene rings is 1. The smallest absolute Gasteiger partial charge is 0.267 e. The van der Waals surface area contributed by atoms with Crippen LogP contribution in [0.25, 0.3) is 10.8 Å². The first kappa shape index (κ1) is 16.3. The summed E-state index contributed by atoms with van der Waals surface area (Å²) in [5.74, 6) is -0.199. The molecule has 1 saturated carbocycles. The lowest BCUT2D eigenvalue weighted by atomic mass is 9.85. The Hall–Kier alpha value is -2.18. The molecule has 1 aromatic heterocycles. The molecule has 2 N–H and O–H groups in total. The summed E-state index contributed by atoms with van der Waals surface area (Å²) in [7, 11) is 0. The Morgan fingerprint density at radius 1 is 1.20 bits per heavy atom. The van der Waals surface area contributed by atoms with E-state index < -0.39 is 0 Å². The van der Waals surface area contributed by atoms with E-state index in [1.165, 1.54) is 0 Å². The van der Waals surface area contributed by atoms with E-state index in [1.54, 1.807) is 12.1 Å². The SMILES string of the molecule is O=C(NCC1CCC2(CC1)OCCO2)c1cc2ccccc2c(=O)[nH]1. The maximum atomic E-state index is 12.4. The second kappa shape index (κ2) is 6.61. The monoisotopic (exact) mass is 342 g/mol. The predicted molar refractivity (Wildman–Crippen MR) is 93.5 cm³/mol. The molecule has 2 heterocycles. The largest absolute Gasteiger partial charge is 0.350 e. The van der Waals surface area contributed by atoms with Gasteiger partial charge < -0.3 is 19.8 Å². The van der Waals surface area contributed by atoms with Gasteiger partial charge in [-0.15, -0.1) is 0 Å². The summed E-state index contributed by atoms with van der Waals surface area (Å²) >= 11 is 0. The zero-order valence-electron chi connectivity index (χ0n) is 14.0. The number of H-pyrrole nitrogens is 1. The number of pyridine rings is 1. The van der Waals surface area contributed by atoms with Crippen molar-refractivity contribution in [2.45, 2.75) is 31.5 Å². The quantitative estimate of drug-likeness (QED) is 0.896. The summed E-state index contributed by atoms with van der Waals surface area (Å²) in [5.41, 5.74) is 0.0665. The summed E-state index contributed by atoms with van der Waals surface area (Å²) in [6.45, 7) is 1.96. The average Bonchev–Trinajstić information content (AvgIpc) is 3.09. The lowest BCUT2D eigenvalue weighted by Gasteiger charge is -2.35. The molecular weight excluding hydrogens is 320 g/mol. The molecule has 0 unspecified atom stereocenters. The third-order valence-corrected chi connectivity index (χ3v) is 5.23. The van der Waals surface area contributed by atoms with Gasteiger partial charge in [-0.2, -0.15) is 0 Å². The summed E-state index contributed by atoms with van der Waals surface area (Å²) in [6, 6.07) is 8.98. The molecule has 2 fully saturated rings. The second-order valence-electron chi connectivity index (χ2n) is 6.86. The van der Waals surface area contributed by atoms with E-state index in [0.717, 1.165) is 31.1 Å². The van der Waals surface area contributed by atoms with Gasteiger partial charge in [0, 0.05) is 24.8 Å². The normalized spacial score (nSPS) is 20.2. The van der Waals surface area contributed by atoms with Crippen LogP contribution in [0.4, 0.5) is 0 Å². The first-order chi connectivity index (χ1) is 12.2. The molecule has 1 aliphatic heterocycles. The topological polar surface area (TPSA) is 80.4 Å². The van der Waals surface area contributed by atoms with Gasteiger partial charge in [0.15, 0.2) is 5.79 Å². The summed E-state index contributed by atoms with van der Waals surface area (Å²) in [6.07, 6.45) is 3.68. The minimum absolute atomic E-state index is 0.238. The van der Waals surface area contributed by atoms with E-state index >= 15 is 0 Å². The Morgan fingerprint density at radius 2 is 1.92 bits per heavy atom. The fourth-order valence-electron chi connectivity index (χ4n) is 3.77. The van der Waals surface area contributed by atoms with Crippen LogP contribution in [0.2, 0.25) is 0 Å². The van der Waals surface area contributed by atoms with Crippen LogP contribution >= 0.6 is 0 Å². The van der Waals surface area contributed by atoms with E-state index in [2.05, 4.69) is 10.3 Å². The highest BCUT2D eigenvalue weighted by molar-refractivity contribution is 5.96. The molecule has 6 nitrogen and oxygen atoms in total. The Balaban J connectivity index is 1.37. The third kappa shape index (κ3) is 3.32. The highest BCUT2D eigenvalue weighted by Gasteiger charge is 2.40. The highest BCUT2D eigenvalue weighted by atomic mass is 16.7. The van der Waals surface area contributed by atoms with Crippen LogP contribution in [0.3, 0.4) is 0 Å².